The molecule has 84 valence electrons. The van der Waals surface area contributed by atoms with Gasteiger partial charge in [0.25, 0.3) is 0 Å². The average Bonchev–Trinajstić information content (AvgIpc) is 2.97. The molecule has 1 saturated heterocycles. The van der Waals surface area contributed by atoms with Gasteiger partial charge in [0.2, 0.25) is 6.79 Å². The Morgan fingerprint density at radius 3 is 2.81 bits per heavy atom. The minimum absolute atomic E-state index is 0.321. The number of hydrogen-bond donors (Lipinski definition) is 0. The molecule has 1 aromatic carbocycles. The Kier molecular flexibility index (Phi) is 2.40. The maximum Gasteiger partial charge on any atom is 0.231 e. The number of benzene rings is 1. The van der Waals surface area contributed by atoms with E-state index in [0.29, 0.717) is 6.79 Å². The molecule has 2 aliphatic rings. The van der Waals surface area contributed by atoms with E-state index in [4.69, 9.17) is 9.47 Å². The molecule has 1 fully saturated rings. The van der Waals surface area contributed by atoms with Crippen LogP contribution in [-0.4, -0.2) is 31.1 Å². The third-order valence-corrected chi connectivity index (χ3v) is 2.85. The first-order valence-electron chi connectivity index (χ1n) is 5.60. The highest BCUT2D eigenvalue weighted by Crippen LogP contribution is 2.31. The van der Waals surface area contributed by atoms with Crippen molar-refractivity contribution in [2.45, 2.75) is 12.8 Å². The standard InChI is InChI=1S/C12H14N2O2/c1-2-6-14(5-1)13-8-10-3-4-11-12(7-10)16-9-15-11/h3-4,7-8H,1-2,5-6,9H2. The van der Waals surface area contributed by atoms with Crippen LogP contribution in [0.1, 0.15) is 18.4 Å². The third kappa shape index (κ3) is 1.83. The largest absolute Gasteiger partial charge is 0.454 e. The quantitative estimate of drug-likeness (QED) is 0.710. The molecule has 2 heterocycles. The van der Waals surface area contributed by atoms with Gasteiger partial charge in [0.15, 0.2) is 11.5 Å². The summed E-state index contributed by atoms with van der Waals surface area (Å²) >= 11 is 0. The summed E-state index contributed by atoms with van der Waals surface area (Å²) in [6.45, 7) is 2.46. The lowest BCUT2D eigenvalue weighted by atomic mass is 10.2. The summed E-state index contributed by atoms with van der Waals surface area (Å²) in [6.07, 6.45) is 4.38. The molecule has 0 radical (unpaired) electrons. The zero-order valence-corrected chi connectivity index (χ0v) is 9.06. The molecule has 0 spiro atoms. The first-order valence-corrected chi connectivity index (χ1v) is 5.60. The Labute approximate surface area is 94.5 Å². The summed E-state index contributed by atoms with van der Waals surface area (Å²) in [7, 11) is 0. The molecule has 3 rings (SSSR count). The number of rotatable bonds is 2. The van der Waals surface area contributed by atoms with Crippen LogP contribution in [-0.2, 0) is 0 Å². The number of nitrogens with zero attached hydrogens (tertiary/aromatic N) is 2. The molecule has 0 amide bonds. The van der Waals surface area contributed by atoms with E-state index in [-0.39, 0.29) is 0 Å². The fourth-order valence-electron chi connectivity index (χ4n) is 1.96. The molecule has 0 saturated carbocycles. The van der Waals surface area contributed by atoms with Gasteiger partial charge in [-0.05, 0) is 36.6 Å². The molecule has 4 heteroatoms. The number of ether oxygens (including phenoxy) is 2. The number of fused-ring (bicyclic) bond motifs is 1. The lowest BCUT2D eigenvalue weighted by Gasteiger charge is -2.08. The van der Waals surface area contributed by atoms with Crippen LogP contribution in [0.3, 0.4) is 0 Å². The molecule has 16 heavy (non-hydrogen) atoms. The van der Waals surface area contributed by atoms with Gasteiger partial charge >= 0.3 is 0 Å². The molecular formula is C12H14N2O2. The van der Waals surface area contributed by atoms with Crippen LogP contribution in [0.4, 0.5) is 0 Å². The molecule has 2 aliphatic heterocycles. The lowest BCUT2D eigenvalue weighted by molar-refractivity contribution is 0.174. The van der Waals surface area contributed by atoms with E-state index in [1.54, 1.807) is 0 Å². The maximum atomic E-state index is 5.31. The van der Waals surface area contributed by atoms with Crippen LogP contribution in [0, 0.1) is 0 Å². The summed E-state index contributed by atoms with van der Waals surface area (Å²) < 4.78 is 10.6. The second-order valence-corrected chi connectivity index (χ2v) is 4.02. The van der Waals surface area contributed by atoms with Gasteiger partial charge in [0.05, 0.1) is 6.21 Å². The summed E-state index contributed by atoms with van der Waals surface area (Å²) in [4.78, 5) is 0. The number of hydrazone groups is 1. The monoisotopic (exact) mass is 218 g/mol. The topological polar surface area (TPSA) is 34.1 Å². The van der Waals surface area contributed by atoms with Crippen LogP contribution in [0.5, 0.6) is 11.5 Å². The van der Waals surface area contributed by atoms with E-state index < -0.39 is 0 Å². The van der Waals surface area contributed by atoms with Crippen molar-refractivity contribution >= 4 is 6.21 Å². The molecule has 0 unspecified atom stereocenters. The Morgan fingerprint density at radius 1 is 1.12 bits per heavy atom. The van der Waals surface area contributed by atoms with Crippen molar-refractivity contribution in [2.75, 3.05) is 19.9 Å². The van der Waals surface area contributed by atoms with Gasteiger partial charge in [-0.15, -0.1) is 0 Å². The molecule has 0 bridgehead atoms. The Morgan fingerprint density at radius 2 is 1.94 bits per heavy atom. The van der Waals surface area contributed by atoms with E-state index in [9.17, 15) is 0 Å². The SMILES string of the molecule is C(=NN1CCCC1)c1ccc2c(c1)OCO2. The zero-order valence-electron chi connectivity index (χ0n) is 9.06. The molecule has 4 nitrogen and oxygen atoms in total. The van der Waals surface area contributed by atoms with Gasteiger partial charge in [0.1, 0.15) is 0 Å². The van der Waals surface area contributed by atoms with Gasteiger partial charge in [0, 0.05) is 13.1 Å². The van der Waals surface area contributed by atoms with Gasteiger partial charge in [-0.1, -0.05) is 0 Å². The van der Waals surface area contributed by atoms with Crippen molar-refractivity contribution in [1.29, 1.82) is 0 Å². The van der Waals surface area contributed by atoms with Crippen LogP contribution in [0.2, 0.25) is 0 Å². The van der Waals surface area contributed by atoms with E-state index in [1.165, 1.54) is 12.8 Å². The molecule has 0 aliphatic carbocycles. The highest BCUT2D eigenvalue weighted by molar-refractivity contribution is 5.80. The number of hydrogen-bond acceptors (Lipinski definition) is 4. The van der Waals surface area contributed by atoms with Gasteiger partial charge < -0.3 is 9.47 Å². The Hall–Kier alpha value is -1.71. The summed E-state index contributed by atoms with van der Waals surface area (Å²) in [5.74, 6) is 1.63. The second kappa shape index (κ2) is 4.04. The Balaban J connectivity index is 1.74. The molecule has 0 atom stereocenters. The predicted octanol–water partition coefficient (Wildman–Crippen LogP) is 1.84. The van der Waals surface area contributed by atoms with Crippen LogP contribution < -0.4 is 9.47 Å². The molecule has 0 N–H and O–H groups in total. The highest BCUT2D eigenvalue weighted by Gasteiger charge is 2.12. The molecular weight excluding hydrogens is 204 g/mol. The Bertz CT molecular complexity index is 411. The maximum absolute atomic E-state index is 5.31. The highest BCUT2D eigenvalue weighted by atomic mass is 16.7. The molecule has 1 aromatic rings. The van der Waals surface area contributed by atoms with Crippen molar-refractivity contribution in [1.82, 2.24) is 5.01 Å². The van der Waals surface area contributed by atoms with Crippen molar-refractivity contribution in [3.8, 4) is 11.5 Å². The normalized spacial score (nSPS) is 18.6. The zero-order chi connectivity index (χ0) is 10.8. The predicted molar refractivity (Wildman–Crippen MR) is 61.0 cm³/mol. The summed E-state index contributed by atoms with van der Waals surface area (Å²) in [5, 5.41) is 6.53. The minimum atomic E-state index is 0.321. The van der Waals surface area contributed by atoms with E-state index >= 15 is 0 Å². The fourth-order valence-corrected chi connectivity index (χ4v) is 1.96. The van der Waals surface area contributed by atoms with Crippen LogP contribution >= 0.6 is 0 Å². The summed E-state index contributed by atoms with van der Waals surface area (Å²) in [6, 6.07) is 5.88. The third-order valence-electron chi connectivity index (χ3n) is 2.85. The van der Waals surface area contributed by atoms with Gasteiger partial charge in [-0.25, -0.2) is 0 Å². The molecule has 0 aromatic heterocycles. The van der Waals surface area contributed by atoms with Crippen molar-refractivity contribution in [3.05, 3.63) is 23.8 Å². The first kappa shape index (κ1) is 9.51. The fraction of sp³-hybridized carbons (Fsp3) is 0.417. The minimum Gasteiger partial charge on any atom is -0.454 e. The van der Waals surface area contributed by atoms with Gasteiger partial charge in [-0.2, -0.15) is 5.10 Å². The lowest BCUT2D eigenvalue weighted by Crippen LogP contribution is -2.11. The van der Waals surface area contributed by atoms with E-state index in [0.717, 1.165) is 30.2 Å². The van der Waals surface area contributed by atoms with E-state index in [1.807, 2.05) is 24.4 Å². The second-order valence-electron chi connectivity index (χ2n) is 4.02. The smallest absolute Gasteiger partial charge is 0.231 e. The first-order chi connectivity index (χ1) is 7.92. The van der Waals surface area contributed by atoms with Crippen LogP contribution in [0.15, 0.2) is 23.3 Å². The van der Waals surface area contributed by atoms with Crippen LogP contribution in [0.25, 0.3) is 0 Å². The van der Waals surface area contributed by atoms with E-state index in [2.05, 4.69) is 10.1 Å². The van der Waals surface area contributed by atoms with Gasteiger partial charge in [-0.3, -0.25) is 5.01 Å². The average molecular weight is 218 g/mol. The van der Waals surface area contributed by atoms with Crippen molar-refractivity contribution < 1.29 is 9.47 Å². The summed E-state index contributed by atoms with van der Waals surface area (Å²) in [5.41, 5.74) is 1.05. The van der Waals surface area contributed by atoms with Crippen molar-refractivity contribution in [3.63, 3.8) is 0 Å². The van der Waals surface area contributed by atoms with Crippen molar-refractivity contribution in [2.24, 2.45) is 5.10 Å².